The van der Waals surface area contributed by atoms with Crippen molar-refractivity contribution in [1.29, 1.82) is 0 Å². The Kier molecular flexibility index (Phi) is 16.3. The Morgan fingerprint density at radius 2 is 1.63 bits per heavy atom. The lowest BCUT2D eigenvalue weighted by molar-refractivity contribution is -0.256. The maximum absolute atomic E-state index is 14.7. The van der Waals surface area contributed by atoms with Crippen molar-refractivity contribution >= 4 is 11.8 Å². The number of allylic oxidation sites excluding steroid dienone is 1. The van der Waals surface area contributed by atoms with Crippen LogP contribution in [0.4, 0.5) is 9.18 Å². The summed E-state index contributed by atoms with van der Waals surface area (Å²) in [6, 6.07) is 27.0. The molecule has 4 aromatic carbocycles. The summed E-state index contributed by atoms with van der Waals surface area (Å²) in [5, 5.41) is 24.9. The third-order valence-corrected chi connectivity index (χ3v) is 13.0. The predicted octanol–water partition coefficient (Wildman–Crippen LogP) is 11.3. The van der Waals surface area contributed by atoms with E-state index < -0.39 is 29.7 Å². The number of carbonyl (C=O) groups excluding carboxylic acids is 1. The van der Waals surface area contributed by atoms with Crippen LogP contribution < -0.4 is 9.47 Å². The van der Waals surface area contributed by atoms with Gasteiger partial charge in [-0.15, -0.1) is 13.2 Å². The van der Waals surface area contributed by atoms with Gasteiger partial charge >= 0.3 is 6.09 Å². The van der Waals surface area contributed by atoms with E-state index in [1.54, 1.807) is 29.2 Å². The first-order valence-electron chi connectivity index (χ1n) is 23.0. The minimum absolute atomic E-state index is 0.00977. The Labute approximate surface area is 383 Å². The molecule has 1 heterocycles. The minimum atomic E-state index is -1.52. The SMILES string of the molecule is C=CCCOC(=O)N(Cc1ccc(F)cc1)[C@H]1CC(=NOCc2ccccc2)C2=C[C@H](CCCCO)[C@@H](CCCCO)[C@@H]3c4cc(Oc5ccc(C)c(C)c5)ccc4O[C@@]1(OCC=C)[C@H]23. The number of ether oxygens (including phenoxy) is 4. The molecule has 10 nitrogen and oxygen atoms in total. The molecule has 2 N–H and O–H groups in total. The average molecular weight is 887 g/mol. The van der Waals surface area contributed by atoms with E-state index in [0.717, 1.165) is 47.9 Å². The van der Waals surface area contributed by atoms with Gasteiger partial charge in [0.25, 0.3) is 0 Å². The second-order valence-corrected chi connectivity index (χ2v) is 17.3. The molecule has 65 heavy (non-hydrogen) atoms. The molecule has 6 atom stereocenters. The highest BCUT2D eigenvalue weighted by Gasteiger charge is 2.65. The van der Waals surface area contributed by atoms with Crippen LogP contribution in [0.25, 0.3) is 0 Å². The van der Waals surface area contributed by atoms with Crippen LogP contribution in [-0.4, -0.2) is 65.2 Å². The normalized spacial score (nSPS) is 22.4. The number of fused-ring (bicyclic) bond motifs is 2. The quantitative estimate of drug-likeness (QED) is 0.0455. The molecule has 7 rings (SSSR count). The Morgan fingerprint density at radius 3 is 2.35 bits per heavy atom. The fraction of sp³-hybridized carbons (Fsp3) is 0.407. The molecule has 0 saturated heterocycles. The number of rotatable bonds is 22. The number of carbonyl (C=O) groups is 1. The van der Waals surface area contributed by atoms with E-state index in [0.29, 0.717) is 47.8 Å². The zero-order valence-corrected chi connectivity index (χ0v) is 37.7. The van der Waals surface area contributed by atoms with E-state index in [4.69, 9.17) is 28.9 Å². The van der Waals surface area contributed by atoms with Gasteiger partial charge in [0.1, 0.15) is 35.7 Å². The Morgan fingerprint density at radius 1 is 0.892 bits per heavy atom. The molecular weight excluding hydrogens is 824 g/mol. The van der Waals surface area contributed by atoms with Gasteiger partial charge in [0.2, 0.25) is 5.79 Å². The molecule has 2 aliphatic carbocycles. The third kappa shape index (κ3) is 11.0. The van der Waals surface area contributed by atoms with Crippen LogP contribution >= 0.6 is 0 Å². The van der Waals surface area contributed by atoms with Gasteiger partial charge in [-0.3, -0.25) is 4.90 Å². The molecule has 1 amide bonds. The van der Waals surface area contributed by atoms with E-state index in [9.17, 15) is 19.4 Å². The molecule has 0 aromatic heterocycles. The number of halogens is 1. The second-order valence-electron chi connectivity index (χ2n) is 17.3. The van der Waals surface area contributed by atoms with Gasteiger partial charge in [-0.1, -0.05) is 84.8 Å². The van der Waals surface area contributed by atoms with Gasteiger partial charge in [0.05, 0.1) is 24.8 Å². The molecule has 344 valence electrons. The number of hydrogen-bond donors (Lipinski definition) is 2. The highest BCUT2D eigenvalue weighted by Crippen LogP contribution is 2.62. The lowest BCUT2D eigenvalue weighted by atomic mass is 9.55. The summed E-state index contributed by atoms with van der Waals surface area (Å²) in [6.45, 7) is 12.6. The number of oxime groups is 1. The maximum Gasteiger partial charge on any atom is 0.410 e. The number of hydrogen-bond acceptors (Lipinski definition) is 9. The molecule has 0 bridgehead atoms. The lowest BCUT2D eigenvalue weighted by Crippen LogP contribution is -2.70. The van der Waals surface area contributed by atoms with Gasteiger partial charge in [0.15, 0.2) is 0 Å². The molecule has 1 aliphatic heterocycles. The summed E-state index contributed by atoms with van der Waals surface area (Å²) >= 11 is 0. The van der Waals surface area contributed by atoms with Crippen molar-refractivity contribution in [2.45, 2.75) is 96.1 Å². The summed E-state index contributed by atoms with van der Waals surface area (Å²) in [5.41, 5.74) is 6.41. The van der Waals surface area contributed by atoms with Crippen molar-refractivity contribution in [3.63, 3.8) is 0 Å². The van der Waals surface area contributed by atoms with Crippen molar-refractivity contribution in [1.82, 2.24) is 4.90 Å². The van der Waals surface area contributed by atoms with Crippen LogP contribution in [0.5, 0.6) is 17.2 Å². The first-order valence-corrected chi connectivity index (χ1v) is 23.0. The molecule has 1 saturated carbocycles. The fourth-order valence-electron chi connectivity index (χ4n) is 9.79. The summed E-state index contributed by atoms with van der Waals surface area (Å²) in [6.07, 6.45) is 10.2. The van der Waals surface area contributed by atoms with Gasteiger partial charge in [-0.2, -0.15) is 0 Å². The van der Waals surface area contributed by atoms with Crippen LogP contribution in [0.1, 0.15) is 85.1 Å². The van der Waals surface area contributed by atoms with E-state index in [-0.39, 0.29) is 63.8 Å². The van der Waals surface area contributed by atoms with Gasteiger partial charge < -0.3 is 34.0 Å². The van der Waals surface area contributed by atoms with Crippen molar-refractivity contribution in [3.05, 3.63) is 162 Å². The van der Waals surface area contributed by atoms with Crippen LogP contribution in [-0.2, 0) is 27.5 Å². The standard InChI is InChI=1S/C54H63FN2O8/c1-5-7-30-61-53(60)57(35-39-20-22-42(55)23-21-39)50-34-48(56-63-36-40-15-9-8-10-16-40)46-32-41(17-11-13-27-58)45(18-12-14-28-59)51-47-33-44(64-43-24-19-37(3)38(4)31-43)25-26-49(47)65-54(50,52(46)51)62-29-6-2/h5-6,8-10,15-16,19-26,31-33,41,45,50-52,58-59H,1-2,7,11-14,17-18,27-30,34-36H2,3-4H3/t41-,45+,50-,51+,52+,54+/m0/s1. The van der Waals surface area contributed by atoms with Crippen LogP contribution in [0.3, 0.4) is 0 Å². The third-order valence-electron chi connectivity index (χ3n) is 13.0. The van der Waals surface area contributed by atoms with Crippen LogP contribution in [0.15, 0.2) is 133 Å². The highest BCUT2D eigenvalue weighted by atomic mass is 19.1. The van der Waals surface area contributed by atoms with Gasteiger partial charge in [-0.05, 0) is 128 Å². The molecule has 4 aromatic rings. The van der Waals surface area contributed by atoms with E-state index in [1.807, 2.05) is 60.7 Å². The molecule has 0 spiro atoms. The van der Waals surface area contributed by atoms with E-state index in [2.05, 4.69) is 39.1 Å². The van der Waals surface area contributed by atoms with Crippen LogP contribution in [0.2, 0.25) is 0 Å². The summed E-state index contributed by atoms with van der Waals surface area (Å²) < 4.78 is 41.4. The average Bonchev–Trinajstić information content (AvgIpc) is 3.31. The summed E-state index contributed by atoms with van der Waals surface area (Å²) in [5.74, 6) is -0.717. The first-order chi connectivity index (χ1) is 31.7. The summed E-state index contributed by atoms with van der Waals surface area (Å²) in [7, 11) is 0. The molecule has 0 radical (unpaired) electrons. The number of aliphatic hydroxyl groups is 2. The number of aliphatic hydroxyl groups excluding tert-OH is 2. The Bertz CT molecular complexity index is 2300. The zero-order valence-electron chi connectivity index (χ0n) is 37.7. The predicted molar refractivity (Wildman–Crippen MR) is 250 cm³/mol. The van der Waals surface area contributed by atoms with Gasteiger partial charge in [0, 0.05) is 37.7 Å². The molecule has 3 aliphatic rings. The number of nitrogens with zero attached hydrogens (tertiary/aromatic N) is 2. The first kappa shape index (κ1) is 47.2. The smallest absolute Gasteiger partial charge is 0.410 e. The van der Waals surface area contributed by atoms with Crippen molar-refractivity contribution < 1.29 is 43.2 Å². The number of amides is 1. The largest absolute Gasteiger partial charge is 0.459 e. The molecule has 0 unspecified atom stereocenters. The van der Waals surface area contributed by atoms with Crippen molar-refractivity contribution in [2.24, 2.45) is 22.9 Å². The summed E-state index contributed by atoms with van der Waals surface area (Å²) in [4.78, 5) is 22.6. The van der Waals surface area contributed by atoms with Crippen LogP contribution in [0, 0.1) is 37.4 Å². The fourth-order valence-corrected chi connectivity index (χ4v) is 9.79. The molecule has 1 fully saturated rings. The maximum atomic E-state index is 14.7. The minimum Gasteiger partial charge on any atom is -0.459 e. The van der Waals surface area contributed by atoms with E-state index >= 15 is 0 Å². The second kappa shape index (κ2) is 22.4. The molecular formula is C54H63FN2O8. The highest BCUT2D eigenvalue weighted by molar-refractivity contribution is 6.03. The topological polar surface area (TPSA) is 119 Å². The van der Waals surface area contributed by atoms with Gasteiger partial charge in [-0.25, -0.2) is 9.18 Å². The monoisotopic (exact) mass is 886 g/mol. The number of aryl methyl sites for hydroxylation is 2. The lowest BCUT2D eigenvalue weighted by Gasteiger charge is -2.59. The van der Waals surface area contributed by atoms with E-state index in [1.165, 1.54) is 17.7 Å². The number of unbranched alkanes of at least 4 members (excludes halogenated alkanes) is 2. The zero-order chi connectivity index (χ0) is 45.8. The van der Waals surface area contributed by atoms with Crippen molar-refractivity contribution in [3.8, 4) is 17.2 Å². The Hall–Kier alpha value is -5.75. The molecule has 11 heteroatoms. The van der Waals surface area contributed by atoms with Crippen molar-refractivity contribution in [2.75, 3.05) is 26.4 Å². The number of benzene rings is 4. The Balaban J connectivity index is 1.45.